The molecule has 20 heavy (non-hydrogen) atoms. The van der Waals surface area contributed by atoms with Crippen LogP contribution in [0.5, 0.6) is 0 Å². The van der Waals surface area contributed by atoms with E-state index < -0.39 is 0 Å². The van der Waals surface area contributed by atoms with Gasteiger partial charge in [0.2, 0.25) is 0 Å². The Bertz CT molecular complexity index is 474. The van der Waals surface area contributed by atoms with E-state index in [0.717, 1.165) is 30.6 Å². The minimum atomic E-state index is 0.140. The number of fused-ring (bicyclic) bond motifs is 1. The van der Waals surface area contributed by atoms with E-state index in [1.165, 1.54) is 37.1 Å². The van der Waals surface area contributed by atoms with Gasteiger partial charge in [-0.1, -0.05) is 17.7 Å². The first-order chi connectivity index (χ1) is 9.69. The van der Waals surface area contributed by atoms with Crippen LogP contribution in [0, 0.1) is 12.8 Å². The monoisotopic (exact) mass is 274 g/mol. The van der Waals surface area contributed by atoms with E-state index in [0.29, 0.717) is 0 Å². The first-order valence-corrected chi connectivity index (χ1v) is 7.84. The highest BCUT2D eigenvalue weighted by Gasteiger charge is 2.34. The molecule has 0 radical (unpaired) electrons. The molecule has 2 heterocycles. The molecule has 2 aliphatic rings. The number of rotatable bonds is 2. The van der Waals surface area contributed by atoms with Gasteiger partial charge in [0.15, 0.2) is 0 Å². The summed E-state index contributed by atoms with van der Waals surface area (Å²) in [4.78, 5) is 5.04. The van der Waals surface area contributed by atoms with Crippen molar-refractivity contribution in [3.63, 3.8) is 0 Å². The van der Waals surface area contributed by atoms with Crippen molar-refractivity contribution in [2.75, 3.05) is 31.6 Å². The maximum atomic E-state index is 9.61. The van der Waals surface area contributed by atoms with E-state index in [1.54, 1.807) is 0 Å². The number of anilines is 1. The summed E-state index contributed by atoms with van der Waals surface area (Å²) < 4.78 is 0. The normalized spacial score (nSPS) is 27.4. The molecule has 0 aromatic heterocycles. The lowest BCUT2D eigenvalue weighted by Gasteiger charge is -2.47. The second-order valence-electron chi connectivity index (χ2n) is 6.48. The third-order valence-corrected chi connectivity index (χ3v) is 5.09. The maximum Gasteiger partial charge on any atom is 0.0702 e. The van der Waals surface area contributed by atoms with Gasteiger partial charge in [0, 0.05) is 30.4 Å². The molecule has 0 bridgehead atoms. The zero-order valence-corrected chi connectivity index (χ0v) is 12.7. The van der Waals surface area contributed by atoms with Gasteiger partial charge in [-0.2, -0.15) is 0 Å². The molecule has 2 unspecified atom stereocenters. The SMILES string of the molecule is Cc1ccc(N2CCC3C(CCCN3C)C2)c(CO)c1. The van der Waals surface area contributed by atoms with Crippen LogP contribution in [-0.4, -0.2) is 42.7 Å². The molecule has 110 valence electrons. The van der Waals surface area contributed by atoms with Crippen LogP contribution in [0.3, 0.4) is 0 Å². The number of benzene rings is 1. The van der Waals surface area contributed by atoms with Gasteiger partial charge in [-0.05, 0) is 51.8 Å². The molecule has 1 aromatic rings. The lowest BCUT2D eigenvalue weighted by Crippen LogP contribution is -2.52. The molecule has 2 saturated heterocycles. The minimum absolute atomic E-state index is 0.140. The molecule has 3 heteroatoms. The van der Waals surface area contributed by atoms with Crippen LogP contribution in [0.2, 0.25) is 0 Å². The van der Waals surface area contributed by atoms with Crippen LogP contribution in [0.25, 0.3) is 0 Å². The van der Waals surface area contributed by atoms with E-state index in [9.17, 15) is 5.11 Å². The standard InChI is InChI=1S/C17H26N2O/c1-13-5-6-17(15(10-13)12-20)19-9-7-16-14(11-19)4-3-8-18(16)2/h5-6,10,14,16,20H,3-4,7-9,11-12H2,1-2H3. The molecule has 0 aliphatic carbocycles. The third-order valence-electron chi connectivity index (χ3n) is 5.09. The van der Waals surface area contributed by atoms with Crippen molar-refractivity contribution in [2.45, 2.75) is 38.8 Å². The average molecular weight is 274 g/mol. The van der Waals surface area contributed by atoms with Crippen molar-refractivity contribution in [3.05, 3.63) is 29.3 Å². The van der Waals surface area contributed by atoms with Crippen molar-refractivity contribution in [3.8, 4) is 0 Å². The van der Waals surface area contributed by atoms with E-state index in [4.69, 9.17) is 0 Å². The number of likely N-dealkylation sites (tertiary alicyclic amines) is 1. The Balaban J connectivity index is 1.79. The van der Waals surface area contributed by atoms with Crippen molar-refractivity contribution in [2.24, 2.45) is 5.92 Å². The van der Waals surface area contributed by atoms with Crippen molar-refractivity contribution < 1.29 is 5.11 Å². The number of hydrogen-bond acceptors (Lipinski definition) is 3. The highest BCUT2D eigenvalue weighted by molar-refractivity contribution is 5.55. The molecule has 0 spiro atoms. The number of piperidine rings is 2. The van der Waals surface area contributed by atoms with Gasteiger partial charge in [0.05, 0.1) is 6.61 Å². The van der Waals surface area contributed by atoms with E-state index in [-0.39, 0.29) is 6.61 Å². The predicted molar refractivity (Wildman–Crippen MR) is 83.1 cm³/mol. The highest BCUT2D eigenvalue weighted by Crippen LogP contribution is 2.33. The molecular formula is C17H26N2O. The Morgan fingerprint density at radius 3 is 2.90 bits per heavy atom. The van der Waals surface area contributed by atoms with Crippen molar-refractivity contribution in [1.82, 2.24) is 4.90 Å². The third kappa shape index (κ3) is 2.57. The first-order valence-electron chi connectivity index (χ1n) is 7.84. The molecular weight excluding hydrogens is 248 g/mol. The molecule has 0 amide bonds. The van der Waals surface area contributed by atoms with Crippen LogP contribution in [0.15, 0.2) is 18.2 Å². The number of aryl methyl sites for hydroxylation is 1. The topological polar surface area (TPSA) is 26.7 Å². The van der Waals surface area contributed by atoms with Crippen LogP contribution in [0.1, 0.15) is 30.4 Å². The molecule has 3 rings (SSSR count). The van der Waals surface area contributed by atoms with Gasteiger partial charge in [-0.15, -0.1) is 0 Å². The van der Waals surface area contributed by atoms with Gasteiger partial charge < -0.3 is 14.9 Å². The number of nitrogens with zero attached hydrogens (tertiary/aromatic N) is 2. The highest BCUT2D eigenvalue weighted by atomic mass is 16.3. The van der Waals surface area contributed by atoms with Gasteiger partial charge in [-0.25, -0.2) is 0 Å². The number of aliphatic hydroxyl groups excluding tert-OH is 1. The van der Waals surface area contributed by atoms with Crippen molar-refractivity contribution in [1.29, 1.82) is 0 Å². The summed E-state index contributed by atoms with van der Waals surface area (Å²) in [6, 6.07) is 7.23. The van der Waals surface area contributed by atoms with Gasteiger partial charge >= 0.3 is 0 Å². The largest absolute Gasteiger partial charge is 0.392 e. The fraction of sp³-hybridized carbons (Fsp3) is 0.647. The molecule has 2 fully saturated rings. The van der Waals surface area contributed by atoms with Crippen LogP contribution >= 0.6 is 0 Å². The molecule has 3 nitrogen and oxygen atoms in total. The lowest BCUT2D eigenvalue weighted by molar-refractivity contribution is 0.102. The zero-order valence-electron chi connectivity index (χ0n) is 12.7. The summed E-state index contributed by atoms with van der Waals surface area (Å²) >= 11 is 0. The lowest BCUT2D eigenvalue weighted by atomic mass is 9.84. The van der Waals surface area contributed by atoms with E-state index >= 15 is 0 Å². The molecule has 2 aliphatic heterocycles. The molecule has 1 N–H and O–H groups in total. The zero-order chi connectivity index (χ0) is 14.1. The Hall–Kier alpha value is -1.06. The van der Waals surface area contributed by atoms with Gasteiger partial charge in [0.1, 0.15) is 0 Å². The second-order valence-corrected chi connectivity index (χ2v) is 6.48. The maximum absolute atomic E-state index is 9.61. The fourth-order valence-electron chi connectivity index (χ4n) is 4.02. The second kappa shape index (κ2) is 5.74. The van der Waals surface area contributed by atoms with Gasteiger partial charge in [0.25, 0.3) is 0 Å². The summed E-state index contributed by atoms with van der Waals surface area (Å²) in [5.41, 5.74) is 3.54. The summed E-state index contributed by atoms with van der Waals surface area (Å²) in [5.74, 6) is 0.787. The summed E-state index contributed by atoms with van der Waals surface area (Å²) in [5, 5.41) is 9.61. The molecule has 0 saturated carbocycles. The Labute approximate surface area is 122 Å². The molecule has 1 aromatic carbocycles. The van der Waals surface area contributed by atoms with Crippen LogP contribution in [-0.2, 0) is 6.61 Å². The quantitative estimate of drug-likeness (QED) is 0.897. The predicted octanol–water partition coefficient (Wildman–Crippen LogP) is 2.41. The Morgan fingerprint density at radius 2 is 2.10 bits per heavy atom. The van der Waals surface area contributed by atoms with Gasteiger partial charge in [-0.3, -0.25) is 0 Å². The first kappa shape index (κ1) is 13.9. The van der Waals surface area contributed by atoms with E-state index in [2.05, 4.69) is 42.0 Å². The summed E-state index contributed by atoms with van der Waals surface area (Å²) in [6.45, 7) is 5.74. The van der Waals surface area contributed by atoms with Crippen LogP contribution in [0.4, 0.5) is 5.69 Å². The summed E-state index contributed by atoms with van der Waals surface area (Å²) in [6.07, 6.45) is 3.93. The Morgan fingerprint density at radius 1 is 1.25 bits per heavy atom. The summed E-state index contributed by atoms with van der Waals surface area (Å²) in [7, 11) is 2.28. The van der Waals surface area contributed by atoms with Crippen LogP contribution < -0.4 is 4.90 Å². The Kier molecular flexibility index (Phi) is 3.99. The average Bonchev–Trinajstić information content (AvgIpc) is 2.47. The number of hydrogen-bond donors (Lipinski definition) is 1. The fourth-order valence-corrected chi connectivity index (χ4v) is 4.02. The van der Waals surface area contributed by atoms with Crippen molar-refractivity contribution >= 4 is 5.69 Å². The minimum Gasteiger partial charge on any atom is -0.392 e. The van der Waals surface area contributed by atoms with E-state index in [1.807, 2.05) is 0 Å². The smallest absolute Gasteiger partial charge is 0.0702 e. The molecule has 2 atom stereocenters. The number of aliphatic hydroxyl groups is 1.